The zero-order chi connectivity index (χ0) is 20.7. The van der Waals surface area contributed by atoms with Gasteiger partial charge in [0.05, 0.1) is 23.5 Å². The van der Waals surface area contributed by atoms with E-state index in [-0.39, 0.29) is 30.9 Å². The molecule has 1 aliphatic heterocycles. The largest absolute Gasteiger partial charge is 0.357 e. The molecule has 8 nitrogen and oxygen atoms in total. The number of nitrogens with two attached hydrogens (primary N) is 1. The smallest absolute Gasteiger partial charge is 0.128 e. The third-order valence-corrected chi connectivity index (χ3v) is 5.69. The molecule has 4 aromatic rings. The number of aromatic nitrogens is 5. The molecule has 1 aliphatic rings. The van der Waals surface area contributed by atoms with Gasteiger partial charge in [-0.1, -0.05) is 0 Å². The highest BCUT2D eigenvalue weighted by Gasteiger charge is 2.18. The van der Waals surface area contributed by atoms with Crippen LogP contribution in [0.25, 0.3) is 27.8 Å². The lowest BCUT2D eigenvalue weighted by atomic mass is 10.0. The van der Waals surface area contributed by atoms with Gasteiger partial charge < -0.3 is 10.6 Å². The molecular formula is C22H24Cl2N8. The van der Waals surface area contributed by atoms with Crippen molar-refractivity contribution in [3.05, 3.63) is 54.7 Å². The summed E-state index contributed by atoms with van der Waals surface area (Å²) in [6.45, 7) is 1.85. The summed E-state index contributed by atoms with van der Waals surface area (Å²) in [4.78, 5) is 6.99. The van der Waals surface area contributed by atoms with Gasteiger partial charge in [-0.15, -0.1) is 24.8 Å². The number of rotatable bonds is 3. The molecule has 4 aromatic heterocycles. The monoisotopic (exact) mass is 470 g/mol. The summed E-state index contributed by atoms with van der Waals surface area (Å²) in [5.41, 5.74) is 11.2. The molecule has 0 amide bonds. The first-order chi connectivity index (χ1) is 14.6. The molecule has 0 saturated carbocycles. The van der Waals surface area contributed by atoms with Crippen LogP contribution in [-0.4, -0.2) is 43.5 Å². The van der Waals surface area contributed by atoms with Crippen LogP contribution in [0.1, 0.15) is 18.4 Å². The Bertz CT molecular complexity index is 1250. The first kappa shape index (κ1) is 23.5. The lowest BCUT2D eigenvalue weighted by molar-refractivity contribution is 0.498. The van der Waals surface area contributed by atoms with Gasteiger partial charge in [0.2, 0.25) is 0 Å². The molecule has 5 rings (SSSR count). The van der Waals surface area contributed by atoms with Crippen LogP contribution >= 0.6 is 24.8 Å². The zero-order valence-electron chi connectivity index (χ0n) is 17.5. The van der Waals surface area contributed by atoms with Gasteiger partial charge in [-0.2, -0.15) is 15.5 Å². The van der Waals surface area contributed by atoms with Crippen LogP contribution in [0.15, 0.2) is 49.2 Å². The first-order valence-corrected chi connectivity index (χ1v) is 10.00. The molecule has 0 bridgehead atoms. The molecule has 0 radical (unpaired) electrons. The van der Waals surface area contributed by atoms with Gasteiger partial charge in [-0.3, -0.25) is 4.68 Å². The molecule has 0 spiro atoms. The van der Waals surface area contributed by atoms with Crippen molar-refractivity contribution in [3.63, 3.8) is 0 Å². The highest BCUT2D eigenvalue weighted by molar-refractivity contribution is 5.87. The van der Waals surface area contributed by atoms with E-state index in [9.17, 15) is 5.26 Å². The fourth-order valence-corrected chi connectivity index (χ4v) is 4.01. The molecule has 10 heteroatoms. The Morgan fingerprint density at radius 1 is 1.00 bits per heavy atom. The molecule has 0 aliphatic carbocycles. The van der Waals surface area contributed by atoms with Crippen molar-refractivity contribution in [2.75, 3.05) is 18.0 Å². The van der Waals surface area contributed by atoms with Crippen LogP contribution in [0.4, 0.5) is 5.82 Å². The van der Waals surface area contributed by atoms with Crippen LogP contribution < -0.4 is 10.6 Å². The average Bonchev–Trinajstić information content (AvgIpc) is 3.40. The minimum Gasteiger partial charge on any atom is -0.357 e. The number of fused-ring (bicyclic) bond motifs is 1. The second kappa shape index (κ2) is 9.57. The van der Waals surface area contributed by atoms with E-state index in [1.165, 1.54) is 0 Å². The predicted molar refractivity (Wildman–Crippen MR) is 129 cm³/mol. The van der Waals surface area contributed by atoms with E-state index in [4.69, 9.17) is 10.7 Å². The molecule has 0 atom stereocenters. The van der Waals surface area contributed by atoms with Gasteiger partial charge in [0.15, 0.2) is 0 Å². The fourth-order valence-electron chi connectivity index (χ4n) is 4.01. The van der Waals surface area contributed by atoms with E-state index >= 15 is 0 Å². The third-order valence-electron chi connectivity index (χ3n) is 5.69. The maximum Gasteiger partial charge on any atom is 0.128 e. The van der Waals surface area contributed by atoms with E-state index in [1.807, 2.05) is 37.9 Å². The van der Waals surface area contributed by atoms with Crippen LogP contribution in [0.2, 0.25) is 0 Å². The van der Waals surface area contributed by atoms with Crippen LogP contribution in [0.5, 0.6) is 0 Å². The van der Waals surface area contributed by atoms with E-state index in [2.05, 4.69) is 33.3 Å². The van der Waals surface area contributed by atoms with Crippen molar-refractivity contribution in [3.8, 4) is 28.3 Å². The third kappa shape index (κ3) is 4.28. The standard InChI is InChI=1S/C22H22N8.2ClH/c1-28-13-18(12-26-28)16-8-20(22-17(9-23)11-27-30(22)14-16)15-2-3-21(25-10-15)29-6-4-19(24)5-7-29;;/h2-3,8,10-14,19H,4-7,24H2,1H3;2*1H. The Morgan fingerprint density at radius 3 is 2.41 bits per heavy atom. The van der Waals surface area contributed by atoms with Crippen molar-refractivity contribution in [1.29, 1.82) is 5.26 Å². The number of hydrogen-bond donors (Lipinski definition) is 1. The quantitative estimate of drug-likeness (QED) is 0.491. The second-order valence-corrected chi connectivity index (χ2v) is 7.74. The Morgan fingerprint density at radius 2 is 1.78 bits per heavy atom. The van der Waals surface area contributed by atoms with E-state index in [1.54, 1.807) is 15.4 Å². The lowest BCUT2D eigenvalue weighted by Crippen LogP contribution is -2.40. The van der Waals surface area contributed by atoms with Gasteiger partial charge in [0.1, 0.15) is 11.9 Å². The van der Waals surface area contributed by atoms with E-state index in [0.717, 1.165) is 59.5 Å². The summed E-state index contributed by atoms with van der Waals surface area (Å²) >= 11 is 0. The summed E-state index contributed by atoms with van der Waals surface area (Å²) in [6, 6.07) is 8.72. The molecule has 5 heterocycles. The Kier molecular flexibility index (Phi) is 7.04. The number of piperidine rings is 1. The van der Waals surface area contributed by atoms with Crippen molar-refractivity contribution >= 4 is 36.1 Å². The fraction of sp³-hybridized carbons (Fsp3) is 0.273. The van der Waals surface area contributed by atoms with Gasteiger partial charge in [-0.05, 0) is 31.0 Å². The van der Waals surface area contributed by atoms with Gasteiger partial charge in [0, 0.05) is 67.0 Å². The number of hydrogen-bond acceptors (Lipinski definition) is 6. The Hall–Kier alpha value is -3.12. The van der Waals surface area contributed by atoms with Crippen LogP contribution in [0, 0.1) is 11.3 Å². The minimum atomic E-state index is 0. The summed E-state index contributed by atoms with van der Waals surface area (Å²) in [5.74, 6) is 0.957. The summed E-state index contributed by atoms with van der Waals surface area (Å²) < 4.78 is 3.53. The predicted octanol–water partition coefficient (Wildman–Crippen LogP) is 3.44. The van der Waals surface area contributed by atoms with Crippen LogP contribution in [0.3, 0.4) is 0 Å². The van der Waals surface area contributed by atoms with Gasteiger partial charge in [-0.25, -0.2) is 9.50 Å². The van der Waals surface area contributed by atoms with Crippen molar-refractivity contribution in [2.45, 2.75) is 18.9 Å². The number of halogens is 2. The Labute approximate surface area is 198 Å². The molecule has 0 unspecified atom stereocenters. The maximum atomic E-state index is 9.57. The minimum absolute atomic E-state index is 0. The van der Waals surface area contributed by atoms with E-state index in [0.29, 0.717) is 5.56 Å². The Balaban J connectivity index is 0.00000144. The topological polar surface area (TPSA) is 101 Å². The number of aryl methyl sites for hydroxylation is 1. The van der Waals surface area contributed by atoms with E-state index < -0.39 is 0 Å². The number of nitriles is 1. The van der Waals surface area contributed by atoms with Crippen molar-refractivity contribution in [1.82, 2.24) is 24.4 Å². The highest BCUT2D eigenvalue weighted by Crippen LogP contribution is 2.32. The van der Waals surface area contributed by atoms with Crippen molar-refractivity contribution in [2.24, 2.45) is 12.8 Å². The molecule has 32 heavy (non-hydrogen) atoms. The SMILES string of the molecule is Cl.Cl.Cn1cc(-c2cc(-c3ccc(N4CCC(N)CC4)nc3)c3c(C#N)cnn3c2)cn1. The second-order valence-electron chi connectivity index (χ2n) is 7.74. The zero-order valence-corrected chi connectivity index (χ0v) is 19.2. The molecule has 166 valence electrons. The average molecular weight is 471 g/mol. The normalized spacial score (nSPS) is 14.0. The number of pyridine rings is 2. The van der Waals surface area contributed by atoms with Crippen LogP contribution in [-0.2, 0) is 7.05 Å². The summed E-state index contributed by atoms with van der Waals surface area (Å²) in [7, 11) is 1.89. The number of anilines is 1. The highest BCUT2D eigenvalue weighted by atomic mass is 35.5. The molecule has 1 fully saturated rings. The first-order valence-electron chi connectivity index (χ1n) is 10.00. The molecule has 1 saturated heterocycles. The van der Waals surface area contributed by atoms with Gasteiger partial charge >= 0.3 is 0 Å². The number of nitrogens with zero attached hydrogens (tertiary/aromatic N) is 7. The van der Waals surface area contributed by atoms with Gasteiger partial charge in [0.25, 0.3) is 0 Å². The maximum absolute atomic E-state index is 9.57. The summed E-state index contributed by atoms with van der Waals surface area (Å²) in [6.07, 6.45) is 11.2. The summed E-state index contributed by atoms with van der Waals surface area (Å²) in [5, 5.41) is 18.2. The van der Waals surface area contributed by atoms with Crippen molar-refractivity contribution < 1.29 is 0 Å². The molecular weight excluding hydrogens is 447 g/mol. The lowest BCUT2D eigenvalue weighted by Gasteiger charge is -2.31. The molecule has 0 aromatic carbocycles. The molecule has 2 N–H and O–H groups in total.